The fourth-order valence-corrected chi connectivity index (χ4v) is 4.08. The lowest BCUT2D eigenvalue weighted by Crippen LogP contribution is -2.45. The molecule has 4 N–H and O–H groups in total. The standard InChI is InChI=1S/C19H22N6S.C5H9NO2/c1-14(16-9-11-23-25-16)22-13-21-10-8-17(20-2)18-12-26-19(24-18)15-6-4-3-5-7-15;1-6-3-2-4(7)5(6)8/h3-12,14,16,22-23,25H,2,13H2,1H3;4,7H,2-3H2,1H3/b17-8-,21-10-;. The fraction of sp³-hybridized carbons (Fsp3) is 0.333. The number of carbonyl (C=O) groups is 1. The van der Waals surface area contributed by atoms with E-state index in [9.17, 15) is 4.79 Å². The van der Waals surface area contributed by atoms with E-state index in [4.69, 9.17) is 5.11 Å². The first-order chi connectivity index (χ1) is 16.5. The first-order valence-corrected chi connectivity index (χ1v) is 11.9. The minimum Gasteiger partial charge on any atom is -0.383 e. The Morgan fingerprint density at radius 3 is 2.82 bits per heavy atom. The number of hydrazine groups is 1. The Bertz CT molecular complexity index is 1020. The van der Waals surface area contributed by atoms with E-state index >= 15 is 0 Å². The van der Waals surface area contributed by atoms with Gasteiger partial charge in [-0.25, -0.2) is 10.4 Å². The van der Waals surface area contributed by atoms with Gasteiger partial charge in [0.2, 0.25) is 0 Å². The Morgan fingerprint density at radius 1 is 1.44 bits per heavy atom. The lowest BCUT2D eigenvalue weighted by molar-refractivity contribution is -0.133. The van der Waals surface area contributed by atoms with E-state index in [1.54, 1.807) is 24.6 Å². The Labute approximate surface area is 204 Å². The third kappa shape index (κ3) is 7.16. The molecule has 3 atom stereocenters. The second-order valence-electron chi connectivity index (χ2n) is 7.83. The molecule has 0 spiro atoms. The molecular formula is C24H31N7O2S. The molecule has 1 saturated heterocycles. The van der Waals surface area contributed by atoms with Gasteiger partial charge in [0.1, 0.15) is 16.8 Å². The molecule has 4 rings (SSSR count). The van der Waals surface area contributed by atoms with Crippen molar-refractivity contribution in [2.24, 2.45) is 9.98 Å². The number of aliphatic hydroxyl groups excluding tert-OH is 1. The molecule has 1 amide bonds. The number of amides is 1. The molecule has 1 aromatic heterocycles. The summed E-state index contributed by atoms with van der Waals surface area (Å²) in [5, 5.41) is 15.1. The van der Waals surface area contributed by atoms with Gasteiger partial charge in [-0.1, -0.05) is 30.3 Å². The highest BCUT2D eigenvalue weighted by molar-refractivity contribution is 7.13. The summed E-state index contributed by atoms with van der Waals surface area (Å²) < 4.78 is 0. The van der Waals surface area contributed by atoms with Crippen molar-refractivity contribution in [2.45, 2.75) is 31.5 Å². The summed E-state index contributed by atoms with van der Waals surface area (Å²) in [5.74, 6) is -0.148. The summed E-state index contributed by atoms with van der Waals surface area (Å²) >= 11 is 1.59. The van der Waals surface area contributed by atoms with Gasteiger partial charge in [0.15, 0.2) is 0 Å². The zero-order chi connectivity index (χ0) is 24.3. The number of hydrogen-bond donors (Lipinski definition) is 4. The SMILES string of the molecule is C=N/C(=C\C=N/CNC(C)C1C=CNN1)c1csc(-c2ccccc2)n1.CN1CCC(O)C1=O. The van der Waals surface area contributed by atoms with E-state index < -0.39 is 6.10 Å². The van der Waals surface area contributed by atoms with E-state index in [1.807, 2.05) is 48.0 Å². The predicted molar refractivity (Wildman–Crippen MR) is 138 cm³/mol. The van der Waals surface area contributed by atoms with E-state index in [-0.39, 0.29) is 18.0 Å². The van der Waals surface area contributed by atoms with Crippen LogP contribution in [0.4, 0.5) is 0 Å². The average molecular weight is 482 g/mol. The molecule has 0 bridgehead atoms. The second kappa shape index (κ2) is 12.9. The summed E-state index contributed by atoms with van der Waals surface area (Å²) in [6.45, 7) is 6.98. The Kier molecular flexibility index (Phi) is 9.65. The lowest BCUT2D eigenvalue weighted by Gasteiger charge is -2.18. The molecule has 0 aliphatic carbocycles. The molecule has 10 heteroatoms. The smallest absolute Gasteiger partial charge is 0.251 e. The van der Waals surface area contributed by atoms with Gasteiger partial charge in [-0.05, 0) is 32.2 Å². The molecule has 1 aromatic carbocycles. The van der Waals surface area contributed by atoms with Crippen LogP contribution in [-0.2, 0) is 4.79 Å². The third-order valence-electron chi connectivity index (χ3n) is 5.37. The predicted octanol–water partition coefficient (Wildman–Crippen LogP) is 2.06. The van der Waals surface area contributed by atoms with E-state index in [0.29, 0.717) is 25.3 Å². The number of thiazole rings is 1. The highest BCUT2D eigenvalue weighted by atomic mass is 32.1. The van der Waals surface area contributed by atoms with Crippen LogP contribution in [0.5, 0.6) is 0 Å². The third-order valence-corrected chi connectivity index (χ3v) is 6.27. The minimum absolute atomic E-state index is 0.148. The monoisotopic (exact) mass is 481 g/mol. The summed E-state index contributed by atoms with van der Waals surface area (Å²) in [7, 11) is 1.69. The van der Waals surface area contributed by atoms with Crippen molar-refractivity contribution in [3.8, 4) is 10.6 Å². The maximum absolute atomic E-state index is 10.6. The highest BCUT2D eigenvalue weighted by Crippen LogP contribution is 2.26. The largest absolute Gasteiger partial charge is 0.383 e. The molecule has 34 heavy (non-hydrogen) atoms. The van der Waals surface area contributed by atoms with Gasteiger partial charge in [0.05, 0.1) is 18.4 Å². The Hall–Kier alpha value is -3.18. The van der Waals surface area contributed by atoms with E-state index in [1.165, 1.54) is 4.90 Å². The fourth-order valence-electron chi connectivity index (χ4n) is 3.26. The van der Waals surface area contributed by atoms with Crippen LogP contribution in [0.1, 0.15) is 19.0 Å². The molecule has 180 valence electrons. The number of aromatic nitrogens is 1. The zero-order valence-corrected chi connectivity index (χ0v) is 20.2. The van der Waals surface area contributed by atoms with Crippen molar-refractivity contribution in [2.75, 3.05) is 20.3 Å². The van der Waals surface area contributed by atoms with Gasteiger partial charge >= 0.3 is 0 Å². The van der Waals surface area contributed by atoms with Crippen molar-refractivity contribution in [3.63, 3.8) is 0 Å². The van der Waals surface area contributed by atoms with Crippen molar-refractivity contribution < 1.29 is 9.90 Å². The first-order valence-electron chi connectivity index (χ1n) is 11.0. The van der Waals surface area contributed by atoms with Gasteiger partial charge in [-0.3, -0.25) is 20.1 Å². The zero-order valence-electron chi connectivity index (χ0n) is 19.4. The van der Waals surface area contributed by atoms with Crippen LogP contribution < -0.4 is 16.2 Å². The quantitative estimate of drug-likeness (QED) is 0.429. The number of hydrogen-bond acceptors (Lipinski definition) is 9. The van der Waals surface area contributed by atoms with Crippen LogP contribution in [0.15, 0.2) is 64.0 Å². The molecule has 1 fully saturated rings. The van der Waals surface area contributed by atoms with Gasteiger partial charge in [0.25, 0.3) is 5.91 Å². The Balaban J connectivity index is 0.000000343. The van der Waals surface area contributed by atoms with Crippen molar-refractivity contribution >= 4 is 35.9 Å². The maximum atomic E-state index is 10.6. The molecule has 9 nitrogen and oxygen atoms in total. The number of likely N-dealkylation sites (tertiary alicyclic amines) is 1. The molecule has 0 saturated carbocycles. The molecule has 0 radical (unpaired) electrons. The topological polar surface area (TPSA) is 114 Å². The molecule has 3 unspecified atom stereocenters. The van der Waals surface area contributed by atoms with E-state index in [0.717, 1.165) is 16.3 Å². The number of rotatable bonds is 8. The lowest BCUT2D eigenvalue weighted by atomic mass is 10.1. The van der Waals surface area contributed by atoms with Crippen molar-refractivity contribution in [3.05, 3.63) is 59.8 Å². The van der Waals surface area contributed by atoms with Crippen LogP contribution in [-0.4, -0.2) is 72.3 Å². The van der Waals surface area contributed by atoms with E-state index in [2.05, 4.69) is 50.9 Å². The molecule has 3 heterocycles. The number of benzene rings is 1. The number of aliphatic imine (C=N–C) groups is 2. The van der Waals surface area contributed by atoms with Gasteiger partial charge in [-0.15, -0.1) is 11.3 Å². The van der Waals surface area contributed by atoms with Crippen LogP contribution in [0.25, 0.3) is 16.3 Å². The molecule has 2 aromatic rings. The number of likely N-dealkylation sites (N-methyl/N-ethyl adjacent to an activating group) is 1. The number of nitrogens with one attached hydrogen (secondary N) is 3. The Morgan fingerprint density at radius 2 is 2.24 bits per heavy atom. The van der Waals surface area contributed by atoms with Crippen molar-refractivity contribution in [1.82, 2.24) is 26.1 Å². The van der Waals surface area contributed by atoms with Gasteiger partial charge in [0, 0.05) is 43.0 Å². The van der Waals surface area contributed by atoms with Crippen LogP contribution in [0, 0.1) is 0 Å². The molecule has 2 aliphatic rings. The van der Waals surface area contributed by atoms with Gasteiger partial charge in [-0.2, -0.15) is 0 Å². The number of nitrogens with zero attached hydrogens (tertiary/aromatic N) is 4. The van der Waals surface area contributed by atoms with Crippen LogP contribution in [0.2, 0.25) is 0 Å². The summed E-state index contributed by atoms with van der Waals surface area (Å²) in [5.41, 5.74) is 8.73. The average Bonchev–Trinajstić information content (AvgIpc) is 3.62. The summed E-state index contributed by atoms with van der Waals surface area (Å²) in [4.78, 5) is 25.2. The second-order valence-corrected chi connectivity index (χ2v) is 8.69. The molecule has 2 aliphatic heterocycles. The van der Waals surface area contributed by atoms with Crippen molar-refractivity contribution in [1.29, 1.82) is 0 Å². The summed E-state index contributed by atoms with van der Waals surface area (Å²) in [6.07, 6.45) is 7.41. The van der Waals surface area contributed by atoms with Gasteiger partial charge < -0.3 is 15.4 Å². The number of allylic oxidation sites excluding steroid dienone is 1. The molecular weight excluding hydrogens is 450 g/mol. The minimum atomic E-state index is -0.722. The number of carbonyl (C=O) groups excluding carboxylic acids is 1. The highest BCUT2D eigenvalue weighted by Gasteiger charge is 2.26. The normalized spacial score (nSPS) is 20.9. The first kappa shape index (κ1) is 25.4. The van der Waals surface area contributed by atoms with Crippen LogP contribution >= 0.6 is 11.3 Å². The number of aliphatic hydroxyl groups is 1. The maximum Gasteiger partial charge on any atom is 0.251 e. The van der Waals surface area contributed by atoms with Crippen LogP contribution in [0.3, 0.4) is 0 Å². The summed E-state index contributed by atoms with van der Waals surface area (Å²) in [6, 6.07) is 10.6.